The number of carbonyl (C=O) groups is 1. The van der Waals surface area contributed by atoms with Crippen molar-refractivity contribution >= 4 is 6.09 Å². The van der Waals surface area contributed by atoms with Crippen LogP contribution in [0.15, 0.2) is 0 Å². The number of hydrogen-bond donors (Lipinski definition) is 1. The van der Waals surface area contributed by atoms with Gasteiger partial charge in [-0.25, -0.2) is 4.79 Å². The van der Waals surface area contributed by atoms with Crippen molar-refractivity contribution in [2.45, 2.75) is 26.4 Å². The summed E-state index contributed by atoms with van der Waals surface area (Å²) in [5.41, 5.74) is 0. The van der Waals surface area contributed by atoms with Crippen LogP contribution in [0.2, 0.25) is 0 Å². The van der Waals surface area contributed by atoms with Crippen molar-refractivity contribution in [3.05, 3.63) is 6.92 Å². The summed E-state index contributed by atoms with van der Waals surface area (Å²) in [5, 5.41) is 2.54. The first-order chi connectivity index (χ1) is 4.66. The Hall–Kier alpha value is -0.730. The van der Waals surface area contributed by atoms with Gasteiger partial charge in [-0.1, -0.05) is 6.92 Å². The van der Waals surface area contributed by atoms with Crippen LogP contribution in [-0.2, 0) is 4.74 Å². The molecule has 0 fully saturated rings. The third kappa shape index (κ3) is 5.41. The zero-order valence-corrected chi connectivity index (χ0v) is 6.52. The van der Waals surface area contributed by atoms with Gasteiger partial charge >= 0.3 is 6.09 Å². The third-order valence-corrected chi connectivity index (χ3v) is 0.789. The number of alkyl carbamates (subject to hydrolysis) is 1. The van der Waals surface area contributed by atoms with E-state index in [1.165, 1.54) is 0 Å². The molecule has 1 radical (unpaired) electrons. The fourth-order valence-electron chi connectivity index (χ4n) is 0.446. The molecule has 0 heterocycles. The Balaban J connectivity index is 3.26. The van der Waals surface area contributed by atoms with E-state index in [2.05, 4.69) is 12.2 Å². The standard InChI is InChI=1S/C7H14NO2/c1-4-5-8-7(9)10-6(2)3/h6H,1,4-5H2,2-3H3,(H,8,9). The molecule has 3 nitrogen and oxygen atoms in total. The van der Waals surface area contributed by atoms with Crippen LogP contribution >= 0.6 is 0 Å². The van der Waals surface area contributed by atoms with E-state index < -0.39 is 0 Å². The van der Waals surface area contributed by atoms with Crippen molar-refractivity contribution in [2.75, 3.05) is 6.54 Å². The minimum Gasteiger partial charge on any atom is -0.447 e. The second-order valence-corrected chi connectivity index (χ2v) is 2.23. The summed E-state index contributed by atoms with van der Waals surface area (Å²) in [6.07, 6.45) is 0.274. The van der Waals surface area contributed by atoms with Gasteiger partial charge in [0, 0.05) is 6.54 Å². The molecule has 1 N–H and O–H groups in total. The molecular formula is C7H14NO2. The van der Waals surface area contributed by atoms with Crippen LogP contribution in [0.3, 0.4) is 0 Å². The van der Waals surface area contributed by atoms with Gasteiger partial charge in [0.2, 0.25) is 0 Å². The fourth-order valence-corrected chi connectivity index (χ4v) is 0.446. The van der Waals surface area contributed by atoms with Gasteiger partial charge in [-0.3, -0.25) is 0 Å². The Morgan fingerprint density at radius 2 is 2.30 bits per heavy atom. The zero-order chi connectivity index (χ0) is 7.98. The van der Waals surface area contributed by atoms with Crippen LogP contribution in [0.1, 0.15) is 20.3 Å². The molecule has 0 spiro atoms. The summed E-state index contributed by atoms with van der Waals surface area (Å²) >= 11 is 0. The first-order valence-corrected chi connectivity index (χ1v) is 3.40. The molecule has 0 aromatic carbocycles. The number of nitrogens with one attached hydrogen (secondary N) is 1. The summed E-state index contributed by atoms with van der Waals surface area (Å²) in [5.74, 6) is 0. The molecule has 0 bridgehead atoms. The quantitative estimate of drug-likeness (QED) is 0.649. The average Bonchev–Trinajstić information content (AvgIpc) is 1.82. The molecule has 0 aliphatic carbocycles. The van der Waals surface area contributed by atoms with Crippen LogP contribution in [0.5, 0.6) is 0 Å². The fraction of sp³-hybridized carbons (Fsp3) is 0.714. The Labute approximate surface area is 61.8 Å². The lowest BCUT2D eigenvalue weighted by Crippen LogP contribution is -2.27. The Morgan fingerprint density at radius 1 is 1.70 bits per heavy atom. The van der Waals surface area contributed by atoms with Crippen LogP contribution in [-0.4, -0.2) is 18.7 Å². The van der Waals surface area contributed by atoms with E-state index in [9.17, 15) is 4.79 Å². The van der Waals surface area contributed by atoms with Gasteiger partial charge < -0.3 is 10.1 Å². The topological polar surface area (TPSA) is 38.3 Å². The van der Waals surface area contributed by atoms with E-state index in [-0.39, 0.29) is 12.2 Å². The maximum atomic E-state index is 10.7. The number of amides is 1. The van der Waals surface area contributed by atoms with Gasteiger partial charge in [0.15, 0.2) is 0 Å². The summed E-state index contributed by atoms with van der Waals surface area (Å²) in [7, 11) is 0. The van der Waals surface area contributed by atoms with Gasteiger partial charge in [-0.05, 0) is 20.3 Å². The van der Waals surface area contributed by atoms with Crippen molar-refractivity contribution in [3.8, 4) is 0 Å². The minimum absolute atomic E-state index is 0.0511. The molecule has 0 aromatic heterocycles. The molecule has 0 aliphatic rings. The molecule has 59 valence electrons. The van der Waals surface area contributed by atoms with Crippen molar-refractivity contribution in [3.63, 3.8) is 0 Å². The van der Waals surface area contributed by atoms with E-state index in [0.717, 1.165) is 0 Å². The summed E-state index contributed by atoms with van der Waals surface area (Å²) in [6, 6.07) is 0. The maximum absolute atomic E-state index is 10.7. The monoisotopic (exact) mass is 144 g/mol. The number of carbonyl (C=O) groups excluding carboxylic acids is 1. The van der Waals surface area contributed by atoms with E-state index in [4.69, 9.17) is 4.74 Å². The predicted molar refractivity (Wildman–Crippen MR) is 39.6 cm³/mol. The summed E-state index contributed by atoms with van der Waals surface area (Å²) in [4.78, 5) is 10.7. The van der Waals surface area contributed by atoms with Crippen molar-refractivity contribution in [2.24, 2.45) is 0 Å². The molecule has 0 saturated carbocycles. The van der Waals surface area contributed by atoms with Gasteiger partial charge in [-0.15, -0.1) is 0 Å². The highest BCUT2D eigenvalue weighted by atomic mass is 16.6. The maximum Gasteiger partial charge on any atom is 0.407 e. The molecule has 0 unspecified atom stereocenters. The van der Waals surface area contributed by atoms with Crippen LogP contribution in [0.25, 0.3) is 0 Å². The van der Waals surface area contributed by atoms with Gasteiger partial charge in [0.1, 0.15) is 0 Å². The highest BCUT2D eigenvalue weighted by Crippen LogP contribution is 1.87. The molecule has 1 amide bonds. The molecule has 0 saturated heterocycles. The van der Waals surface area contributed by atoms with E-state index in [1.54, 1.807) is 0 Å². The minimum atomic E-state index is -0.362. The molecular weight excluding hydrogens is 130 g/mol. The van der Waals surface area contributed by atoms with Crippen LogP contribution < -0.4 is 5.32 Å². The average molecular weight is 144 g/mol. The highest BCUT2D eigenvalue weighted by Gasteiger charge is 2.01. The molecule has 0 atom stereocenters. The number of rotatable bonds is 3. The lowest BCUT2D eigenvalue weighted by molar-refractivity contribution is 0.116. The second-order valence-electron chi connectivity index (χ2n) is 2.23. The number of ether oxygens (including phenoxy) is 1. The Bertz CT molecular complexity index is 102. The van der Waals surface area contributed by atoms with Gasteiger partial charge in [0.05, 0.1) is 6.10 Å². The normalized spacial score (nSPS) is 9.60. The van der Waals surface area contributed by atoms with Crippen LogP contribution in [0.4, 0.5) is 4.79 Å². The second kappa shape index (κ2) is 5.09. The van der Waals surface area contributed by atoms with Gasteiger partial charge in [-0.2, -0.15) is 0 Å². The lowest BCUT2D eigenvalue weighted by Gasteiger charge is -2.07. The summed E-state index contributed by atoms with van der Waals surface area (Å²) < 4.78 is 4.77. The van der Waals surface area contributed by atoms with E-state index in [0.29, 0.717) is 13.0 Å². The molecule has 0 aliphatic heterocycles. The first-order valence-electron chi connectivity index (χ1n) is 3.40. The Morgan fingerprint density at radius 3 is 2.70 bits per heavy atom. The molecule has 0 aromatic rings. The van der Waals surface area contributed by atoms with Crippen molar-refractivity contribution < 1.29 is 9.53 Å². The zero-order valence-electron chi connectivity index (χ0n) is 6.52. The Kier molecular flexibility index (Phi) is 4.72. The van der Waals surface area contributed by atoms with Gasteiger partial charge in [0.25, 0.3) is 0 Å². The molecule has 10 heavy (non-hydrogen) atoms. The summed E-state index contributed by atoms with van der Waals surface area (Å²) in [6.45, 7) is 7.76. The van der Waals surface area contributed by atoms with Crippen LogP contribution in [0, 0.1) is 6.92 Å². The molecule has 3 heteroatoms. The van der Waals surface area contributed by atoms with E-state index in [1.807, 2.05) is 13.8 Å². The largest absolute Gasteiger partial charge is 0.447 e. The predicted octanol–water partition coefficient (Wildman–Crippen LogP) is 1.35. The molecule has 0 rings (SSSR count). The third-order valence-electron chi connectivity index (χ3n) is 0.789. The van der Waals surface area contributed by atoms with Crippen molar-refractivity contribution in [1.29, 1.82) is 0 Å². The first kappa shape index (κ1) is 9.27. The SMILES string of the molecule is [CH2]CCNC(=O)OC(C)C. The smallest absolute Gasteiger partial charge is 0.407 e. The van der Waals surface area contributed by atoms with E-state index >= 15 is 0 Å². The number of hydrogen-bond acceptors (Lipinski definition) is 2. The highest BCUT2D eigenvalue weighted by molar-refractivity contribution is 5.67. The van der Waals surface area contributed by atoms with Crippen molar-refractivity contribution in [1.82, 2.24) is 5.32 Å². The lowest BCUT2D eigenvalue weighted by atomic mass is 10.5.